The number of aryl methyl sites for hydroxylation is 1. The Morgan fingerprint density at radius 3 is 2.45 bits per heavy atom. The number of likely N-dealkylation sites (tertiary alicyclic amines) is 1. The number of rotatable bonds is 6. The maximum absolute atomic E-state index is 12.9. The van der Waals surface area contributed by atoms with Crippen molar-refractivity contribution in [3.8, 4) is 5.75 Å². The second-order valence-electron chi connectivity index (χ2n) is 7.83. The van der Waals surface area contributed by atoms with Crippen LogP contribution < -0.4 is 4.74 Å². The van der Waals surface area contributed by atoms with E-state index in [1.807, 2.05) is 24.8 Å². The average Bonchev–Trinajstić information content (AvgIpc) is 2.75. The molecule has 2 aromatic carbocycles. The Bertz CT molecular complexity index is 947. The molecule has 1 fully saturated rings. The summed E-state index contributed by atoms with van der Waals surface area (Å²) in [6.45, 7) is 5.07. The van der Waals surface area contributed by atoms with Crippen LogP contribution in [-0.2, 0) is 17.4 Å². The van der Waals surface area contributed by atoms with E-state index < -0.39 is 11.7 Å². The molecule has 2 aromatic rings. The van der Waals surface area contributed by atoms with Crippen LogP contribution in [0.25, 0.3) is 0 Å². The molecule has 1 saturated heterocycles. The number of hydrogen-bond acceptors (Lipinski definition) is 3. The largest absolute Gasteiger partial charge is 0.490 e. The monoisotopic (exact) mass is 433 g/mol. The molecule has 0 radical (unpaired) electrons. The van der Waals surface area contributed by atoms with E-state index in [2.05, 4.69) is 0 Å². The van der Waals surface area contributed by atoms with Gasteiger partial charge in [-0.15, -0.1) is 0 Å². The van der Waals surface area contributed by atoms with Crippen LogP contribution in [0.4, 0.5) is 13.2 Å². The molecule has 0 aromatic heterocycles. The van der Waals surface area contributed by atoms with Gasteiger partial charge in [-0.25, -0.2) is 0 Å². The molecule has 0 N–H and O–H groups in total. The fraction of sp³-hybridized carbons (Fsp3) is 0.417. The predicted octanol–water partition coefficient (Wildman–Crippen LogP) is 5.22. The lowest BCUT2D eigenvalue weighted by Gasteiger charge is -2.32. The van der Waals surface area contributed by atoms with Crippen LogP contribution in [0.5, 0.6) is 5.75 Å². The fourth-order valence-corrected chi connectivity index (χ4v) is 3.66. The lowest BCUT2D eigenvalue weighted by molar-refractivity contribution is -0.137. The van der Waals surface area contributed by atoms with Crippen LogP contribution >= 0.6 is 0 Å². The number of carbonyl (C=O) groups excluding carboxylic acids is 2. The number of hydrogen-bond donors (Lipinski definition) is 0. The molecule has 0 atom stereocenters. The van der Waals surface area contributed by atoms with E-state index in [4.69, 9.17) is 4.74 Å². The first-order chi connectivity index (χ1) is 14.7. The van der Waals surface area contributed by atoms with Gasteiger partial charge >= 0.3 is 6.18 Å². The van der Waals surface area contributed by atoms with Crippen molar-refractivity contribution in [2.24, 2.45) is 0 Å². The Morgan fingerprint density at radius 2 is 1.81 bits per heavy atom. The minimum Gasteiger partial charge on any atom is -0.490 e. The van der Waals surface area contributed by atoms with Crippen molar-refractivity contribution < 1.29 is 27.5 Å². The highest BCUT2D eigenvalue weighted by Gasteiger charge is 2.31. The molecule has 1 aliphatic heterocycles. The molecule has 1 aliphatic rings. The van der Waals surface area contributed by atoms with E-state index >= 15 is 0 Å². The summed E-state index contributed by atoms with van der Waals surface area (Å²) < 4.78 is 44.9. The molecular formula is C24H26F3NO3. The lowest BCUT2D eigenvalue weighted by Crippen LogP contribution is -2.41. The smallest absolute Gasteiger partial charge is 0.416 e. The highest BCUT2D eigenvalue weighted by Crippen LogP contribution is 2.30. The highest BCUT2D eigenvalue weighted by molar-refractivity contribution is 5.97. The molecule has 166 valence electrons. The van der Waals surface area contributed by atoms with Gasteiger partial charge in [0.25, 0.3) is 0 Å². The zero-order valence-electron chi connectivity index (χ0n) is 17.7. The van der Waals surface area contributed by atoms with E-state index in [0.717, 1.165) is 30.5 Å². The third-order valence-electron chi connectivity index (χ3n) is 5.52. The van der Waals surface area contributed by atoms with Crippen molar-refractivity contribution in [2.45, 2.75) is 51.8 Å². The summed E-state index contributed by atoms with van der Waals surface area (Å²) in [6.07, 6.45) is -2.56. The van der Waals surface area contributed by atoms with Crippen LogP contribution in [0, 0.1) is 6.92 Å². The van der Waals surface area contributed by atoms with E-state index in [9.17, 15) is 22.8 Å². The maximum atomic E-state index is 12.9. The Balaban J connectivity index is 1.66. The van der Waals surface area contributed by atoms with Crippen molar-refractivity contribution in [2.75, 3.05) is 13.1 Å². The van der Waals surface area contributed by atoms with E-state index in [1.54, 1.807) is 12.1 Å². The predicted molar refractivity (Wildman–Crippen MR) is 111 cm³/mol. The summed E-state index contributed by atoms with van der Waals surface area (Å²) >= 11 is 0. The van der Waals surface area contributed by atoms with Crippen LogP contribution in [0.15, 0.2) is 42.5 Å². The second kappa shape index (κ2) is 9.54. The van der Waals surface area contributed by atoms with Crippen molar-refractivity contribution in [3.05, 3.63) is 64.7 Å². The Kier molecular flexibility index (Phi) is 7.03. The molecule has 1 heterocycles. The van der Waals surface area contributed by atoms with E-state index in [0.29, 0.717) is 30.8 Å². The standard InChI is InChI=1S/C24H26F3NO3/c1-3-23(30)28-11-9-20(10-12-28)31-22-14-17(8-7-16(22)2)13-21(29)18-5-4-6-19(15-18)24(25,26)27/h4-8,14-15,20H,3,9-13H2,1-2H3. The van der Waals surface area contributed by atoms with Gasteiger partial charge in [0.1, 0.15) is 11.9 Å². The molecular weight excluding hydrogens is 407 g/mol. The molecule has 1 amide bonds. The normalized spacial score (nSPS) is 15.1. The van der Waals surface area contributed by atoms with Gasteiger partial charge in [-0.3, -0.25) is 9.59 Å². The number of halogens is 3. The first-order valence-corrected chi connectivity index (χ1v) is 10.4. The van der Waals surface area contributed by atoms with Gasteiger partial charge in [0.05, 0.1) is 5.56 Å². The van der Waals surface area contributed by atoms with Crippen molar-refractivity contribution >= 4 is 11.7 Å². The Labute approximate surface area is 180 Å². The van der Waals surface area contributed by atoms with Crippen LogP contribution in [0.2, 0.25) is 0 Å². The number of nitrogens with zero attached hydrogens (tertiary/aromatic N) is 1. The molecule has 0 unspecified atom stereocenters. The topological polar surface area (TPSA) is 46.6 Å². The van der Waals surface area contributed by atoms with E-state index in [1.165, 1.54) is 12.1 Å². The Morgan fingerprint density at radius 1 is 1.10 bits per heavy atom. The Hall–Kier alpha value is -2.83. The number of amides is 1. The number of benzene rings is 2. The number of alkyl halides is 3. The maximum Gasteiger partial charge on any atom is 0.416 e. The van der Waals surface area contributed by atoms with Gasteiger partial charge in [-0.05, 0) is 36.2 Å². The molecule has 4 nitrogen and oxygen atoms in total. The van der Waals surface area contributed by atoms with Crippen molar-refractivity contribution in [1.29, 1.82) is 0 Å². The zero-order valence-corrected chi connectivity index (χ0v) is 17.7. The first kappa shape index (κ1) is 22.8. The first-order valence-electron chi connectivity index (χ1n) is 10.4. The average molecular weight is 433 g/mol. The molecule has 31 heavy (non-hydrogen) atoms. The van der Waals surface area contributed by atoms with Crippen molar-refractivity contribution in [1.82, 2.24) is 4.90 Å². The van der Waals surface area contributed by atoms with E-state index in [-0.39, 0.29) is 29.8 Å². The van der Waals surface area contributed by atoms with Gasteiger partial charge in [0, 0.05) is 44.3 Å². The zero-order chi connectivity index (χ0) is 22.6. The number of carbonyl (C=O) groups is 2. The fourth-order valence-electron chi connectivity index (χ4n) is 3.66. The molecule has 0 saturated carbocycles. The highest BCUT2D eigenvalue weighted by atomic mass is 19.4. The van der Waals surface area contributed by atoms with Gasteiger partial charge in [0.15, 0.2) is 5.78 Å². The van der Waals surface area contributed by atoms with Gasteiger partial charge < -0.3 is 9.64 Å². The number of Topliss-reactive ketones (excluding diaryl/α,β-unsaturated/α-hetero) is 1. The van der Waals surface area contributed by atoms with Crippen LogP contribution in [-0.4, -0.2) is 35.8 Å². The third-order valence-corrected chi connectivity index (χ3v) is 5.52. The second-order valence-corrected chi connectivity index (χ2v) is 7.83. The molecule has 0 spiro atoms. The third kappa shape index (κ3) is 5.87. The number of ketones is 1. The summed E-state index contributed by atoms with van der Waals surface area (Å²) in [4.78, 5) is 26.2. The van der Waals surface area contributed by atoms with Crippen LogP contribution in [0.1, 0.15) is 53.2 Å². The SMILES string of the molecule is CCC(=O)N1CCC(Oc2cc(CC(=O)c3cccc(C(F)(F)F)c3)ccc2C)CC1. The summed E-state index contributed by atoms with van der Waals surface area (Å²) in [6, 6.07) is 9.90. The summed E-state index contributed by atoms with van der Waals surface area (Å²) in [5.74, 6) is 0.423. The van der Waals surface area contributed by atoms with Gasteiger partial charge in [0.2, 0.25) is 5.91 Å². The van der Waals surface area contributed by atoms with Crippen molar-refractivity contribution in [3.63, 3.8) is 0 Å². The van der Waals surface area contributed by atoms with Crippen LogP contribution in [0.3, 0.4) is 0 Å². The number of ether oxygens (including phenoxy) is 1. The molecule has 7 heteroatoms. The van der Waals surface area contributed by atoms with Gasteiger partial charge in [-0.2, -0.15) is 13.2 Å². The molecule has 3 rings (SSSR count). The molecule has 0 bridgehead atoms. The minimum absolute atomic E-state index is 0.0125. The number of piperidine rings is 1. The quantitative estimate of drug-likeness (QED) is 0.587. The summed E-state index contributed by atoms with van der Waals surface area (Å²) in [5, 5.41) is 0. The summed E-state index contributed by atoms with van der Waals surface area (Å²) in [5.41, 5.74) is 0.800. The summed E-state index contributed by atoms with van der Waals surface area (Å²) in [7, 11) is 0. The lowest BCUT2D eigenvalue weighted by atomic mass is 10.00. The van der Waals surface area contributed by atoms with Gasteiger partial charge in [-0.1, -0.05) is 31.2 Å². The molecule has 0 aliphatic carbocycles. The minimum atomic E-state index is -4.49.